The predicted octanol–water partition coefficient (Wildman–Crippen LogP) is 2.47. The molecule has 2 saturated heterocycles. The van der Waals surface area contributed by atoms with Gasteiger partial charge in [-0.15, -0.1) is 0 Å². The number of rotatable bonds is 3. The van der Waals surface area contributed by atoms with E-state index in [-0.39, 0.29) is 13.5 Å². The Balaban J connectivity index is 0.00000225. The molecule has 3 aliphatic rings. The molecular formula is C19H37N3O3. The minimum atomic E-state index is -0.421. The zero-order valence-corrected chi connectivity index (χ0v) is 15.4. The van der Waals surface area contributed by atoms with Crippen molar-refractivity contribution in [2.75, 3.05) is 39.3 Å². The smallest absolute Gasteiger partial charge is 0.410 e. The topological polar surface area (TPSA) is 54.0 Å². The van der Waals surface area contributed by atoms with E-state index < -0.39 is 5.60 Å². The van der Waals surface area contributed by atoms with Crippen LogP contribution in [0.15, 0.2) is 0 Å². The van der Waals surface area contributed by atoms with Gasteiger partial charge in [-0.2, -0.15) is 0 Å². The Kier molecular flexibility index (Phi) is 7.11. The van der Waals surface area contributed by atoms with Gasteiger partial charge < -0.3 is 19.7 Å². The van der Waals surface area contributed by atoms with Gasteiger partial charge in [0.25, 0.3) is 0 Å². The Morgan fingerprint density at radius 2 is 1.60 bits per heavy atom. The molecule has 1 saturated carbocycles. The number of likely N-dealkylation sites (tertiary alicyclic amines) is 1. The average molecular weight is 356 g/mol. The fourth-order valence-corrected chi connectivity index (χ4v) is 3.77. The molecule has 3 rings (SSSR count). The highest BCUT2D eigenvalue weighted by atomic mass is 16.6. The van der Waals surface area contributed by atoms with Crippen molar-refractivity contribution < 1.29 is 14.3 Å². The number of nitrogens with zero attached hydrogens (tertiary/aromatic N) is 2. The van der Waals surface area contributed by atoms with Crippen molar-refractivity contribution in [2.45, 2.75) is 77.7 Å². The van der Waals surface area contributed by atoms with Crippen LogP contribution in [0.5, 0.6) is 0 Å². The summed E-state index contributed by atoms with van der Waals surface area (Å²) in [4.78, 5) is 16.5. The average Bonchev–Trinajstić information content (AvgIpc) is 2.50. The van der Waals surface area contributed by atoms with E-state index in [0.717, 1.165) is 45.1 Å². The molecule has 0 bridgehead atoms. The third-order valence-corrected chi connectivity index (χ3v) is 5.22. The summed E-state index contributed by atoms with van der Waals surface area (Å²) in [5, 5.41) is 3.41. The fourth-order valence-electron chi connectivity index (χ4n) is 3.77. The van der Waals surface area contributed by atoms with E-state index in [0.29, 0.717) is 12.2 Å². The van der Waals surface area contributed by atoms with Crippen molar-refractivity contribution in [1.29, 1.82) is 0 Å². The van der Waals surface area contributed by atoms with Crippen molar-refractivity contribution in [3.05, 3.63) is 0 Å². The second-order valence-electron chi connectivity index (χ2n) is 8.34. The van der Waals surface area contributed by atoms with Crippen LogP contribution in [0.2, 0.25) is 0 Å². The summed E-state index contributed by atoms with van der Waals surface area (Å²) in [6.45, 7) is 11.8. The second kappa shape index (κ2) is 8.69. The molecule has 1 N–H and O–H groups in total. The molecule has 3 fully saturated rings. The van der Waals surface area contributed by atoms with E-state index in [9.17, 15) is 4.79 Å². The maximum atomic E-state index is 12.1. The van der Waals surface area contributed by atoms with Crippen molar-refractivity contribution in [1.82, 2.24) is 15.1 Å². The molecule has 6 heteroatoms. The summed E-state index contributed by atoms with van der Waals surface area (Å²) in [7, 11) is 0. The Morgan fingerprint density at radius 3 is 2.16 bits per heavy atom. The third-order valence-electron chi connectivity index (χ3n) is 5.22. The van der Waals surface area contributed by atoms with Gasteiger partial charge in [0.1, 0.15) is 5.60 Å². The molecule has 0 radical (unpaired) electrons. The third kappa shape index (κ3) is 5.83. The van der Waals surface area contributed by atoms with E-state index in [4.69, 9.17) is 9.47 Å². The molecule has 0 aromatic heterocycles. The van der Waals surface area contributed by atoms with Crippen LogP contribution in [0.4, 0.5) is 4.79 Å². The van der Waals surface area contributed by atoms with Crippen molar-refractivity contribution in [2.24, 2.45) is 0 Å². The molecule has 1 aliphatic carbocycles. The number of piperidine rings is 1. The molecule has 146 valence electrons. The largest absolute Gasteiger partial charge is 0.444 e. The summed E-state index contributed by atoms with van der Waals surface area (Å²) in [5.41, 5.74) is -0.421. The van der Waals surface area contributed by atoms with E-state index in [1.807, 2.05) is 25.7 Å². The monoisotopic (exact) mass is 355 g/mol. The summed E-state index contributed by atoms with van der Waals surface area (Å²) in [5.74, 6) is 0. The maximum absolute atomic E-state index is 12.1. The first-order valence-corrected chi connectivity index (χ1v) is 9.49. The number of carbonyl (C=O) groups excluding carboxylic acids is 1. The van der Waals surface area contributed by atoms with Gasteiger partial charge in [0, 0.05) is 45.3 Å². The highest BCUT2D eigenvalue weighted by molar-refractivity contribution is 5.68. The fraction of sp³-hybridized carbons (Fsp3) is 0.947. The Hall–Kier alpha value is -0.850. The van der Waals surface area contributed by atoms with Gasteiger partial charge in [-0.05, 0) is 46.5 Å². The summed E-state index contributed by atoms with van der Waals surface area (Å²) >= 11 is 0. The first-order chi connectivity index (χ1) is 11.4. The lowest BCUT2D eigenvalue weighted by Gasteiger charge is -2.46. The van der Waals surface area contributed by atoms with Crippen LogP contribution in [0.3, 0.4) is 0 Å². The molecule has 6 nitrogen and oxygen atoms in total. The van der Waals surface area contributed by atoms with Gasteiger partial charge in [0.05, 0.1) is 12.2 Å². The lowest BCUT2D eigenvalue weighted by molar-refractivity contribution is -0.104. The number of hydrogen-bond donors (Lipinski definition) is 1. The Bertz CT molecular complexity index is 418. The van der Waals surface area contributed by atoms with Crippen LogP contribution in [0, 0.1) is 0 Å². The quantitative estimate of drug-likeness (QED) is 0.843. The zero-order valence-electron chi connectivity index (χ0n) is 15.4. The molecule has 2 aliphatic heterocycles. The number of amides is 1. The number of hydrogen-bond acceptors (Lipinski definition) is 5. The molecule has 0 atom stereocenters. The highest BCUT2D eigenvalue weighted by Crippen LogP contribution is 2.31. The predicted molar refractivity (Wildman–Crippen MR) is 99.9 cm³/mol. The Morgan fingerprint density at radius 1 is 1.00 bits per heavy atom. The van der Waals surface area contributed by atoms with Gasteiger partial charge in [-0.25, -0.2) is 4.79 Å². The summed E-state index contributed by atoms with van der Waals surface area (Å²) in [6.07, 6.45) is 4.73. The molecule has 2 heterocycles. The van der Waals surface area contributed by atoms with Gasteiger partial charge >= 0.3 is 6.09 Å². The van der Waals surface area contributed by atoms with Crippen molar-refractivity contribution in [3.8, 4) is 0 Å². The van der Waals surface area contributed by atoms with Gasteiger partial charge in [0.2, 0.25) is 0 Å². The van der Waals surface area contributed by atoms with Crippen LogP contribution < -0.4 is 5.32 Å². The van der Waals surface area contributed by atoms with Crippen LogP contribution in [-0.2, 0) is 9.47 Å². The van der Waals surface area contributed by atoms with Gasteiger partial charge in [0.15, 0.2) is 0 Å². The minimum Gasteiger partial charge on any atom is -0.444 e. The van der Waals surface area contributed by atoms with Crippen molar-refractivity contribution >= 4 is 6.09 Å². The molecule has 0 unspecified atom stereocenters. The molecule has 0 spiro atoms. The van der Waals surface area contributed by atoms with Crippen LogP contribution in [0.1, 0.15) is 53.9 Å². The summed E-state index contributed by atoms with van der Waals surface area (Å²) in [6, 6.07) is 0.721. The molecular weight excluding hydrogens is 318 g/mol. The lowest BCUT2D eigenvalue weighted by atomic mass is 9.87. The highest BCUT2D eigenvalue weighted by Gasteiger charge is 2.37. The zero-order chi connectivity index (χ0) is 17.2. The van der Waals surface area contributed by atoms with E-state index in [1.165, 1.54) is 25.9 Å². The SMILES string of the molecule is C.CC(C)(C)OC(=O)N1CCC(OC2CC(N3CCNCC3)C2)CC1. The normalized spacial score (nSPS) is 28.8. The Labute approximate surface area is 153 Å². The molecule has 1 amide bonds. The standard InChI is InChI=1S/C18H33N3O3.CH4/c1-18(2,3)24-17(22)21-8-4-15(5-9-21)23-16-12-14(13-16)20-10-6-19-7-11-20;/h14-16,19H,4-13H2,1-3H3;1H4. The molecule has 25 heavy (non-hydrogen) atoms. The minimum absolute atomic E-state index is 0. The van der Waals surface area contributed by atoms with Crippen LogP contribution in [0.25, 0.3) is 0 Å². The number of nitrogens with one attached hydrogen (secondary N) is 1. The number of piperazine rings is 1. The molecule has 0 aromatic carbocycles. The maximum Gasteiger partial charge on any atom is 0.410 e. The van der Waals surface area contributed by atoms with Crippen LogP contribution in [-0.4, -0.2) is 79.0 Å². The van der Waals surface area contributed by atoms with E-state index >= 15 is 0 Å². The first-order valence-electron chi connectivity index (χ1n) is 9.49. The van der Waals surface area contributed by atoms with Gasteiger partial charge in [-0.3, -0.25) is 4.90 Å². The molecule has 0 aromatic rings. The van der Waals surface area contributed by atoms with Gasteiger partial charge in [-0.1, -0.05) is 7.43 Å². The van der Waals surface area contributed by atoms with Crippen molar-refractivity contribution in [3.63, 3.8) is 0 Å². The second-order valence-corrected chi connectivity index (χ2v) is 8.34. The number of ether oxygens (including phenoxy) is 2. The number of carbonyl (C=O) groups is 1. The van der Waals surface area contributed by atoms with E-state index in [2.05, 4.69) is 10.2 Å². The van der Waals surface area contributed by atoms with Crippen LogP contribution >= 0.6 is 0 Å². The first kappa shape index (κ1) is 20.5. The summed E-state index contributed by atoms with van der Waals surface area (Å²) < 4.78 is 11.7. The van der Waals surface area contributed by atoms with E-state index in [1.54, 1.807) is 0 Å². The lowest BCUT2D eigenvalue weighted by Crippen LogP contribution is -2.55.